The molecule has 1 unspecified atom stereocenters. The van der Waals surface area contributed by atoms with Crippen molar-refractivity contribution >= 4 is 6.01 Å². The molecule has 1 aromatic heterocycles. The van der Waals surface area contributed by atoms with Crippen LogP contribution in [0.4, 0.5) is 6.01 Å². The number of anilines is 1. The van der Waals surface area contributed by atoms with E-state index in [1.807, 2.05) is 6.92 Å². The van der Waals surface area contributed by atoms with E-state index in [4.69, 9.17) is 10.2 Å². The van der Waals surface area contributed by atoms with Crippen LogP contribution in [0.5, 0.6) is 0 Å². The van der Waals surface area contributed by atoms with Crippen molar-refractivity contribution in [1.82, 2.24) is 4.98 Å². The lowest BCUT2D eigenvalue weighted by atomic mass is 10.1. The van der Waals surface area contributed by atoms with Gasteiger partial charge in [0.2, 0.25) is 0 Å². The molecule has 4 heteroatoms. The summed E-state index contributed by atoms with van der Waals surface area (Å²) in [5.74, 6) is 0.894. The summed E-state index contributed by atoms with van der Waals surface area (Å²) in [6.45, 7) is 4.11. The molecule has 2 N–H and O–H groups in total. The van der Waals surface area contributed by atoms with Gasteiger partial charge in [-0.1, -0.05) is 0 Å². The van der Waals surface area contributed by atoms with Gasteiger partial charge in [0.25, 0.3) is 6.01 Å². The fraction of sp³-hybridized carbons (Fsp3) is 0.727. The molecule has 4 nitrogen and oxygen atoms in total. The van der Waals surface area contributed by atoms with Gasteiger partial charge >= 0.3 is 0 Å². The SMILES string of the molecule is CC(N)Cc1cnc(N2CCCCC2)o1. The van der Waals surface area contributed by atoms with Crippen LogP contribution in [0.2, 0.25) is 0 Å². The minimum absolute atomic E-state index is 0.132. The molecule has 1 aromatic rings. The van der Waals surface area contributed by atoms with Crippen molar-refractivity contribution in [2.45, 2.75) is 38.6 Å². The minimum atomic E-state index is 0.132. The van der Waals surface area contributed by atoms with Crippen LogP contribution in [0.25, 0.3) is 0 Å². The van der Waals surface area contributed by atoms with Gasteiger partial charge in [0, 0.05) is 25.6 Å². The van der Waals surface area contributed by atoms with Crippen molar-refractivity contribution in [1.29, 1.82) is 0 Å². The van der Waals surface area contributed by atoms with Gasteiger partial charge in [0.15, 0.2) is 0 Å². The van der Waals surface area contributed by atoms with Crippen LogP contribution in [-0.2, 0) is 6.42 Å². The maximum absolute atomic E-state index is 5.71. The number of nitrogens with two attached hydrogens (primary N) is 1. The van der Waals surface area contributed by atoms with E-state index in [0.29, 0.717) is 0 Å². The van der Waals surface area contributed by atoms with Crippen molar-refractivity contribution in [2.75, 3.05) is 18.0 Å². The Balaban J connectivity index is 1.99. The third-order valence-electron chi connectivity index (χ3n) is 2.69. The number of aromatic nitrogens is 1. The van der Waals surface area contributed by atoms with Gasteiger partial charge in [0.05, 0.1) is 6.20 Å². The van der Waals surface area contributed by atoms with E-state index in [1.54, 1.807) is 6.20 Å². The average molecular weight is 209 g/mol. The molecule has 2 heterocycles. The van der Waals surface area contributed by atoms with E-state index in [-0.39, 0.29) is 6.04 Å². The molecule has 1 fully saturated rings. The van der Waals surface area contributed by atoms with E-state index in [9.17, 15) is 0 Å². The maximum Gasteiger partial charge on any atom is 0.297 e. The van der Waals surface area contributed by atoms with Crippen LogP contribution in [-0.4, -0.2) is 24.1 Å². The first-order valence-corrected chi connectivity index (χ1v) is 5.71. The summed E-state index contributed by atoms with van der Waals surface area (Å²) < 4.78 is 5.67. The van der Waals surface area contributed by atoms with Gasteiger partial charge < -0.3 is 15.1 Å². The number of piperidine rings is 1. The van der Waals surface area contributed by atoms with E-state index in [1.165, 1.54) is 19.3 Å². The average Bonchev–Trinajstić information content (AvgIpc) is 2.67. The molecule has 15 heavy (non-hydrogen) atoms. The first-order valence-electron chi connectivity index (χ1n) is 5.71. The van der Waals surface area contributed by atoms with E-state index in [0.717, 1.165) is 31.3 Å². The zero-order valence-corrected chi connectivity index (χ0v) is 9.28. The molecule has 1 saturated heterocycles. The Morgan fingerprint density at radius 2 is 2.20 bits per heavy atom. The highest BCUT2D eigenvalue weighted by Gasteiger charge is 2.16. The number of oxazole rings is 1. The Morgan fingerprint density at radius 3 is 2.87 bits per heavy atom. The first kappa shape index (κ1) is 10.5. The third-order valence-corrected chi connectivity index (χ3v) is 2.69. The molecule has 0 bridgehead atoms. The van der Waals surface area contributed by atoms with Crippen molar-refractivity contribution in [2.24, 2.45) is 5.73 Å². The van der Waals surface area contributed by atoms with E-state index < -0.39 is 0 Å². The third kappa shape index (κ3) is 2.72. The number of hydrogen-bond acceptors (Lipinski definition) is 4. The number of hydrogen-bond donors (Lipinski definition) is 1. The molecule has 1 atom stereocenters. The summed E-state index contributed by atoms with van der Waals surface area (Å²) in [6, 6.07) is 0.900. The van der Waals surface area contributed by atoms with Gasteiger partial charge in [-0.25, -0.2) is 4.98 Å². The van der Waals surface area contributed by atoms with E-state index in [2.05, 4.69) is 9.88 Å². The van der Waals surface area contributed by atoms with Gasteiger partial charge in [-0.3, -0.25) is 0 Å². The first-order chi connectivity index (χ1) is 7.25. The normalized spacial score (nSPS) is 19.2. The topological polar surface area (TPSA) is 55.3 Å². The fourth-order valence-corrected chi connectivity index (χ4v) is 1.94. The van der Waals surface area contributed by atoms with Gasteiger partial charge in [-0.05, 0) is 26.2 Å². The molecule has 2 rings (SSSR count). The van der Waals surface area contributed by atoms with Crippen molar-refractivity contribution in [3.63, 3.8) is 0 Å². The largest absolute Gasteiger partial charge is 0.429 e. The van der Waals surface area contributed by atoms with Gasteiger partial charge in [-0.2, -0.15) is 0 Å². The van der Waals surface area contributed by atoms with Gasteiger partial charge in [-0.15, -0.1) is 0 Å². The molecule has 0 radical (unpaired) electrons. The molecule has 84 valence electrons. The Hall–Kier alpha value is -1.03. The molecule has 1 aliphatic heterocycles. The minimum Gasteiger partial charge on any atom is -0.429 e. The molecule has 0 aromatic carbocycles. The van der Waals surface area contributed by atoms with Crippen molar-refractivity contribution in [3.8, 4) is 0 Å². The Morgan fingerprint density at radius 1 is 1.47 bits per heavy atom. The predicted octanol–water partition coefficient (Wildman–Crippen LogP) is 1.55. The smallest absolute Gasteiger partial charge is 0.297 e. The molecule has 0 aliphatic carbocycles. The summed E-state index contributed by atoms with van der Waals surface area (Å²) in [6.07, 6.45) is 6.37. The van der Waals surface area contributed by atoms with Gasteiger partial charge in [0.1, 0.15) is 5.76 Å². The maximum atomic E-state index is 5.71. The number of rotatable bonds is 3. The molecule has 0 amide bonds. The summed E-state index contributed by atoms with van der Waals surface area (Å²) in [7, 11) is 0. The van der Waals surface area contributed by atoms with Crippen LogP contribution < -0.4 is 10.6 Å². The van der Waals surface area contributed by atoms with Crippen molar-refractivity contribution in [3.05, 3.63) is 12.0 Å². The standard InChI is InChI=1S/C11H19N3O/c1-9(12)7-10-8-13-11(15-10)14-5-3-2-4-6-14/h8-9H,2-7,12H2,1H3. The molecule has 1 aliphatic rings. The van der Waals surface area contributed by atoms with Crippen LogP contribution in [0.3, 0.4) is 0 Å². The van der Waals surface area contributed by atoms with Crippen LogP contribution in [0, 0.1) is 0 Å². The fourth-order valence-electron chi connectivity index (χ4n) is 1.94. The second-order valence-electron chi connectivity index (χ2n) is 4.34. The monoisotopic (exact) mass is 209 g/mol. The van der Waals surface area contributed by atoms with Crippen LogP contribution in [0.15, 0.2) is 10.6 Å². The second kappa shape index (κ2) is 4.66. The molecular formula is C11H19N3O. The van der Waals surface area contributed by atoms with Crippen LogP contribution >= 0.6 is 0 Å². The highest BCUT2D eigenvalue weighted by atomic mass is 16.4. The lowest BCUT2D eigenvalue weighted by molar-refractivity contribution is 0.457. The molecular weight excluding hydrogens is 190 g/mol. The van der Waals surface area contributed by atoms with Crippen molar-refractivity contribution < 1.29 is 4.42 Å². The summed E-state index contributed by atoms with van der Waals surface area (Å²) in [4.78, 5) is 6.51. The lowest BCUT2D eigenvalue weighted by Gasteiger charge is -2.24. The molecule has 0 saturated carbocycles. The van der Waals surface area contributed by atoms with Crippen LogP contribution in [0.1, 0.15) is 31.9 Å². The van der Waals surface area contributed by atoms with E-state index >= 15 is 0 Å². The summed E-state index contributed by atoms with van der Waals surface area (Å²) >= 11 is 0. The zero-order chi connectivity index (χ0) is 10.7. The Kier molecular flexibility index (Phi) is 3.26. The number of nitrogens with zero attached hydrogens (tertiary/aromatic N) is 2. The summed E-state index contributed by atoms with van der Waals surface area (Å²) in [5, 5.41) is 0. The Bertz CT molecular complexity index is 303. The zero-order valence-electron chi connectivity index (χ0n) is 9.28. The lowest BCUT2D eigenvalue weighted by Crippen LogP contribution is -2.29. The second-order valence-corrected chi connectivity index (χ2v) is 4.34. The predicted molar refractivity (Wildman–Crippen MR) is 59.9 cm³/mol. The molecule has 0 spiro atoms. The highest BCUT2D eigenvalue weighted by molar-refractivity contribution is 5.26. The summed E-state index contributed by atoms with van der Waals surface area (Å²) in [5.41, 5.74) is 5.71. The Labute approximate surface area is 90.5 Å². The highest BCUT2D eigenvalue weighted by Crippen LogP contribution is 2.19. The quantitative estimate of drug-likeness (QED) is 0.820.